The Morgan fingerprint density at radius 1 is 0.459 bits per heavy atom. The number of aliphatic hydroxyl groups excluding tert-OH is 16. The molecule has 6 aliphatic heterocycles. The summed E-state index contributed by atoms with van der Waals surface area (Å²) in [5, 5.41) is 230. The van der Waals surface area contributed by atoms with E-state index < -0.39 is 307 Å². The number of hydrogen-bond donors (Lipinski definition) is 23. The van der Waals surface area contributed by atoms with Crippen molar-refractivity contribution >= 4 is 47.5 Å². The molecule has 6 heterocycles. The molecule has 0 aromatic carbocycles. The van der Waals surface area contributed by atoms with Crippen LogP contribution < -0.4 is 21.3 Å². The first-order chi connectivity index (χ1) is 63.1. The van der Waals surface area contributed by atoms with Crippen molar-refractivity contribution in [3.05, 3.63) is 12.2 Å². The largest absolute Gasteiger partial charge is 0.477 e. The van der Waals surface area contributed by atoms with E-state index in [9.17, 15) is 135 Å². The molecule has 45 heteroatoms. The summed E-state index contributed by atoms with van der Waals surface area (Å²) in [4.78, 5) is 106. The highest BCUT2D eigenvalue weighted by molar-refractivity contribution is 5.78. The maximum atomic E-state index is 14.6. The first kappa shape index (κ1) is 116. The maximum absolute atomic E-state index is 14.6. The number of nitrogens with one attached hydrogen (secondary N) is 4. The van der Waals surface area contributed by atoms with Crippen LogP contribution in [0.15, 0.2) is 12.2 Å². The van der Waals surface area contributed by atoms with E-state index in [1.165, 1.54) is 96.0 Å². The number of carbonyl (C=O) groups excluding carboxylic acids is 6. The predicted molar refractivity (Wildman–Crippen MR) is 459 cm³/mol. The van der Waals surface area contributed by atoms with Crippen molar-refractivity contribution in [3.8, 4) is 0 Å². The molecule has 6 fully saturated rings. The highest BCUT2D eigenvalue weighted by Crippen LogP contribution is 2.46. The number of unbranched alkanes of at least 4 members (excludes halogenated alkanes) is 25. The van der Waals surface area contributed by atoms with Crippen molar-refractivity contribution in [2.24, 2.45) is 0 Å². The fraction of sp³-hybridized carbons (Fsp3) is 0.886. The van der Waals surface area contributed by atoms with Gasteiger partial charge in [0.05, 0.1) is 69.5 Å². The Labute approximate surface area is 774 Å². The first-order valence-corrected chi connectivity index (χ1v) is 46.9. The van der Waals surface area contributed by atoms with E-state index in [1.807, 2.05) is 0 Å². The molecular weight excluding hydrogens is 1770 g/mol. The summed E-state index contributed by atoms with van der Waals surface area (Å²) in [6, 6.07) is -7.38. The summed E-state index contributed by atoms with van der Waals surface area (Å²) in [7, 11) is 0. The van der Waals surface area contributed by atoms with E-state index in [-0.39, 0.29) is 6.42 Å². The van der Waals surface area contributed by atoms with Crippen LogP contribution in [-0.4, -0.2) is 391 Å². The molecule has 0 aliphatic carbocycles. The van der Waals surface area contributed by atoms with Gasteiger partial charge in [0.1, 0.15) is 128 Å². The molecule has 0 aromatic rings. The molecule has 45 nitrogen and oxygen atoms in total. The van der Waals surface area contributed by atoms with E-state index in [0.717, 1.165) is 112 Å². The molecule has 770 valence electrons. The lowest BCUT2D eigenvalue weighted by atomic mass is 9.85. The predicted octanol–water partition coefficient (Wildman–Crippen LogP) is -2.38. The third-order valence-corrected chi connectivity index (χ3v) is 24.7. The highest BCUT2D eigenvalue weighted by atomic mass is 16.8. The van der Waals surface area contributed by atoms with Crippen LogP contribution in [-0.2, 0) is 105 Å². The van der Waals surface area contributed by atoms with Crippen LogP contribution in [0.3, 0.4) is 0 Å². The Morgan fingerprint density at radius 3 is 1.38 bits per heavy atom. The number of carbonyl (C=O) groups is 8. The second-order valence-electron chi connectivity index (χ2n) is 35.8. The van der Waals surface area contributed by atoms with Crippen LogP contribution in [0.2, 0.25) is 0 Å². The molecule has 4 unspecified atom stereocenters. The molecule has 133 heavy (non-hydrogen) atoms. The van der Waals surface area contributed by atoms with Crippen molar-refractivity contribution in [1.82, 2.24) is 21.3 Å². The zero-order chi connectivity index (χ0) is 98.6. The summed E-state index contributed by atoms with van der Waals surface area (Å²) in [6.45, 7) is 3.12. The molecule has 0 aromatic heterocycles. The van der Waals surface area contributed by atoms with Gasteiger partial charge in [-0.25, -0.2) is 9.59 Å². The lowest BCUT2D eigenvalue weighted by Crippen LogP contribution is -2.75. The van der Waals surface area contributed by atoms with Crippen LogP contribution in [0.5, 0.6) is 0 Å². The van der Waals surface area contributed by atoms with E-state index in [4.69, 9.17) is 66.3 Å². The van der Waals surface area contributed by atoms with Gasteiger partial charge in [-0.15, -0.1) is 0 Å². The fourth-order valence-corrected chi connectivity index (χ4v) is 17.4. The molecule has 0 spiro atoms. The second kappa shape index (κ2) is 57.8. The van der Waals surface area contributed by atoms with Crippen LogP contribution in [0, 0.1) is 0 Å². The number of carboxylic acid groups (broad SMARTS) is 2. The molecule has 0 radical (unpaired) electrons. The van der Waals surface area contributed by atoms with Crippen molar-refractivity contribution in [3.63, 3.8) is 0 Å². The quantitative estimate of drug-likeness (QED) is 0.0131. The molecule has 34 atom stereocenters. The number of aliphatic hydroxyl groups is 17. The standard InChI is InChI=1S/C88H152N4O41/c1-9-11-13-15-17-19-21-23-24-26-28-30-32-34-36-38-61(106)92-52(53(102)37-35-33-31-29-27-25-22-20-18-16-14-12-10-2)45-121-81-70(112)68(110)72(58(42-94)125-81)129-85-86(8,119)78(74(60(44-96)126-85)127-80-64(91-49(5)99)77(73(122-51(7)101)59(43-95)124-80)128-82-69(111)67(109)66(108)57(41-93)123-82)132-87(83(115)116)39-54(103)63(90-48(4)98)76(131-87)71(113)79(114)133-88(84(117)118)40-55(104)62(89-47(3)97)75(130-88)65(107)56(105)46-120-50(6)100/h35,37,52-60,62-82,85,93-96,102-105,107-114,119H,9-34,36,38-46H2,1-8H3,(H,89,97)(H,90,98)(H,91,99)(H,92,106)(H,115,116)(H,117,118)/b37-35+/t52-,53+,54-,55-,56?,57+,58+,59+,60+,62-,63-,64+,65?,66-,67-,68+,69+,70+,71?,72+,73-,74-,75+,76+,77+,78-,79?,80+,81-,82-,85-,86+,87-,88-/m0/s1. The van der Waals surface area contributed by atoms with Gasteiger partial charge in [-0.3, -0.25) is 28.8 Å². The number of esters is 2. The summed E-state index contributed by atoms with van der Waals surface area (Å²) in [5.41, 5.74) is -3.30. The maximum Gasteiger partial charge on any atom is 0.364 e. The van der Waals surface area contributed by atoms with Gasteiger partial charge in [-0.05, 0) is 26.2 Å². The molecule has 4 amide bonds. The normalized spacial score (nSPS) is 34.5. The fourth-order valence-electron chi connectivity index (χ4n) is 17.4. The summed E-state index contributed by atoms with van der Waals surface area (Å²) in [5.74, 6) is -17.7. The minimum Gasteiger partial charge on any atom is -0.477 e. The van der Waals surface area contributed by atoms with E-state index >= 15 is 0 Å². The Hall–Kier alpha value is -5.66. The van der Waals surface area contributed by atoms with Crippen molar-refractivity contribution < 1.29 is 202 Å². The first-order valence-electron chi connectivity index (χ1n) is 46.9. The van der Waals surface area contributed by atoms with Gasteiger partial charge >= 0.3 is 23.9 Å². The number of aliphatic carboxylic acids is 2. The van der Waals surface area contributed by atoms with Gasteiger partial charge in [-0.2, -0.15) is 0 Å². The summed E-state index contributed by atoms with van der Waals surface area (Å²) < 4.78 is 83.2. The number of hydrogen-bond acceptors (Lipinski definition) is 39. The highest BCUT2D eigenvalue weighted by Gasteiger charge is 2.67. The van der Waals surface area contributed by atoms with Crippen molar-refractivity contribution in [1.29, 1.82) is 0 Å². The number of rotatable bonds is 60. The molecule has 6 rings (SSSR count). The zero-order valence-corrected chi connectivity index (χ0v) is 77.5. The Balaban J connectivity index is 1.38. The van der Waals surface area contributed by atoms with Gasteiger partial charge in [0.25, 0.3) is 11.6 Å². The molecule has 0 bridgehead atoms. The summed E-state index contributed by atoms with van der Waals surface area (Å²) >= 11 is 0. The summed E-state index contributed by atoms with van der Waals surface area (Å²) in [6.07, 6.45) is -31.8. The molecular formula is C88H152N4O41. The lowest BCUT2D eigenvalue weighted by Gasteiger charge is -2.55. The average Bonchev–Trinajstić information content (AvgIpc) is 0.732. The van der Waals surface area contributed by atoms with E-state index in [2.05, 4.69) is 35.1 Å². The second-order valence-corrected chi connectivity index (χ2v) is 35.8. The van der Waals surface area contributed by atoms with Gasteiger partial charge in [0, 0.05) is 53.9 Å². The zero-order valence-electron chi connectivity index (χ0n) is 77.5. The Bertz CT molecular complexity index is 3490. The number of ether oxygens (including phenoxy) is 14. The number of amides is 4. The molecule has 6 aliphatic rings. The number of allylic oxidation sites excluding steroid dienone is 1. The Kier molecular flexibility index (Phi) is 50.4. The van der Waals surface area contributed by atoms with Gasteiger partial charge in [0.2, 0.25) is 23.6 Å². The van der Waals surface area contributed by atoms with Crippen LogP contribution in [0.1, 0.15) is 248 Å². The van der Waals surface area contributed by atoms with Gasteiger partial charge < -0.3 is 185 Å². The van der Waals surface area contributed by atoms with Gasteiger partial charge in [0.15, 0.2) is 37.6 Å². The van der Waals surface area contributed by atoms with Gasteiger partial charge in [-0.1, -0.05) is 180 Å². The van der Waals surface area contributed by atoms with Crippen molar-refractivity contribution in [2.75, 3.05) is 39.6 Å². The average molecular weight is 1920 g/mol. The van der Waals surface area contributed by atoms with Crippen LogP contribution in [0.25, 0.3) is 0 Å². The third kappa shape index (κ3) is 34.4. The number of carboxylic acids is 2. The third-order valence-electron chi connectivity index (χ3n) is 24.7. The molecule has 6 saturated heterocycles. The van der Waals surface area contributed by atoms with Crippen LogP contribution in [0.4, 0.5) is 0 Å². The molecule has 0 saturated carbocycles. The SMILES string of the molecule is CCCCCCCCCCCCC/C=C/[C@@H](O)[C@H](CO[C@H]1O[C@H](CO)[C@@H](O[C@@H]2O[C@H](CO)[C@H](O[C@H]3O[C@H](CO)[C@H](OC(C)=O)[C@H](O[C@@H]4O[C@H](CO)[C@H](O)[C@H](O)[C@H]4O)[C@H]3NC(C)=O)[C@H](O[C@]3(C(=O)O)C[C@H](O)[C@H](NC(C)=O)[C@H](C(O)C(O)O[C@]4(C(=O)O)C[C@H](O)[C@H](NC(C)=O)[C@H](C(O)C(O)COC(C)=O)O4)O3)[C@@]2(C)O)[C@H](O)[C@H]1O)NC(=O)CCCCCCCCCCCCCCCCC. The topological polar surface area (TPSA) is 698 Å². The van der Waals surface area contributed by atoms with E-state index in [0.29, 0.717) is 12.8 Å². The molecule has 23 N–H and O–H groups in total. The smallest absolute Gasteiger partial charge is 0.364 e. The Morgan fingerprint density at radius 2 is 0.895 bits per heavy atom. The monoisotopic (exact) mass is 1920 g/mol. The minimum atomic E-state index is -3.78. The minimum absolute atomic E-state index is 0.0730. The lowest BCUT2D eigenvalue weighted by molar-refractivity contribution is -0.422. The van der Waals surface area contributed by atoms with Crippen LogP contribution >= 0.6 is 0 Å². The van der Waals surface area contributed by atoms with Crippen molar-refractivity contribution in [2.45, 2.75) is 455 Å². The van der Waals surface area contributed by atoms with E-state index in [1.54, 1.807) is 6.08 Å².